The summed E-state index contributed by atoms with van der Waals surface area (Å²) in [6.07, 6.45) is 8.11. The second kappa shape index (κ2) is 8.42. The van der Waals surface area contributed by atoms with Crippen LogP contribution in [0.25, 0.3) is 6.08 Å². The lowest BCUT2D eigenvalue weighted by Gasteiger charge is -2.52. The normalized spacial score (nSPS) is 26.9. The Morgan fingerprint density at radius 3 is 2.59 bits per heavy atom. The zero-order valence-corrected chi connectivity index (χ0v) is 17.0. The molecular weight excluding hydrogens is 362 g/mol. The van der Waals surface area contributed by atoms with Crippen molar-refractivity contribution in [1.29, 1.82) is 0 Å². The molecule has 4 nitrogen and oxygen atoms in total. The molecule has 0 bridgehead atoms. The van der Waals surface area contributed by atoms with Crippen LogP contribution in [0.2, 0.25) is 0 Å². The molecule has 29 heavy (non-hydrogen) atoms. The van der Waals surface area contributed by atoms with Gasteiger partial charge in [0.2, 0.25) is 5.91 Å². The van der Waals surface area contributed by atoms with Crippen molar-refractivity contribution >= 4 is 12.0 Å². The van der Waals surface area contributed by atoms with Gasteiger partial charge in [0.1, 0.15) is 5.75 Å². The summed E-state index contributed by atoms with van der Waals surface area (Å²) in [5.74, 6) is 0.861. The first kappa shape index (κ1) is 19.7. The van der Waals surface area contributed by atoms with Crippen LogP contribution in [0.4, 0.5) is 0 Å². The average molecular weight is 392 g/mol. The maximum atomic E-state index is 13.2. The highest BCUT2D eigenvalue weighted by molar-refractivity contribution is 5.92. The third-order valence-corrected chi connectivity index (χ3v) is 6.53. The number of likely N-dealkylation sites (tertiary alicyclic amines) is 1. The van der Waals surface area contributed by atoms with Gasteiger partial charge in [0, 0.05) is 18.5 Å². The Morgan fingerprint density at radius 2 is 1.86 bits per heavy atom. The number of carbonyl (C=O) groups is 1. The summed E-state index contributed by atoms with van der Waals surface area (Å²) >= 11 is 0. The van der Waals surface area contributed by atoms with Gasteiger partial charge in [-0.2, -0.15) is 0 Å². The zero-order valence-electron chi connectivity index (χ0n) is 17.0. The van der Waals surface area contributed by atoms with Gasteiger partial charge in [-0.05, 0) is 48.6 Å². The van der Waals surface area contributed by atoms with Crippen molar-refractivity contribution in [3.63, 3.8) is 0 Å². The molecule has 152 valence electrons. The van der Waals surface area contributed by atoms with Crippen LogP contribution in [0.15, 0.2) is 60.7 Å². The van der Waals surface area contributed by atoms with Gasteiger partial charge in [0.25, 0.3) is 0 Å². The van der Waals surface area contributed by atoms with Gasteiger partial charge in [0.15, 0.2) is 0 Å². The fourth-order valence-corrected chi connectivity index (χ4v) is 4.97. The minimum Gasteiger partial charge on any atom is -0.497 e. The molecule has 4 rings (SSSR count). The summed E-state index contributed by atoms with van der Waals surface area (Å²) < 4.78 is 5.30. The van der Waals surface area contributed by atoms with Crippen LogP contribution in [-0.4, -0.2) is 35.2 Å². The van der Waals surface area contributed by atoms with Gasteiger partial charge in [0.05, 0.1) is 18.8 Å². The molecule has 1 amide bonds. The van der Waals surface area contributed by atoms with Crippen molar-refractivity contribution < 1.29 is 14.6 Å². The van der Waals surface area contributed by atoms with Gasteiger partial charge >= 0.3 is 0 Å². The molecule has 1 heterocycles. The minimum atomic E-state index is -0.678. The van der Waals surface area contributed by atoms with E-state index in [-0.39, 0.29) is 17.9 Å². The number of methoxy groups -OCH3 is 1. The first-order chi connectivity index (χ1) is 14.1. The predicted octanol–water partition coefficient (Wildman–Crippen LogP) is 4.60. The van der Waals surface area contributed by atoms with Crippen LogP contribution >= 0.6 is 0 Å². The number of amides is 1. The van der Waals surface area contributed by atoms with Gasteiger partial charge in [-0.15, -0.1) is 0 Å². The van der Waals surface area contributed by atoms with Crippen LogP contribution in [0.1, 0.15) is 49.3 Å². The predicted molar refractivity (Wildman–Crippen MR) is 114 cm³/mol. The first-order valence-corrected chi connectivity index (χ1v) is 10.5. The lowest BCUT2D eigenvalue weighted by Crippen LogP contribution is -2.56. The Balaban J connectivity index is 1.65. The van der Waals surface area contributed by atoms with Crippen LogP contribution in [0, 0.1) is 5.92 Å². The maximum absolute atomic E-state index is 13.2. The lowest BCUT2D eigenvalue weighted by atomic mass is 9.66. The van der Waals surface area contributed by atoms with E-state index in [2.05, 4.69) is 0 Å². The molecule has 2 aliphatic rings. The van der Waals surface area contributed by atoms with Crippen LogP contribution in [-0.2, 0) is 4.79 Å². The van der Waals surface area contributed by atoms with Crippen molar-refractivity contribution in [3.05, 3.63) is 71.8 Å². The molecule has 2 fully saturated rings. The Bertz CT molecular complexity index is 861. The molecular formula is C25H29NO3. The Labute approximate surface area is 172 Å². The van der Waals surface area contributed by atoms with E-state index >= 15 is 0 Å². The van der Waals surface area contributed by atoms with Crippen molar-refractivity contribution in [2.75, 3.05) is 13.7 Å². The molecule has 2 aromatic carbocycles. The second-order valence-electron chi connectivity index (χ2n) is 8.20. The summed E-state index contributed by atoms with van der Waals surface area (Å²) in [7, 11) is 1.65. The van der Waals surface area contributed by atoms with Gasteiger partial charge in [-0.1, -0.05) is 55.3 Å². The van der Waals surface area contributed by atoms with E-state index in [1.807, 2.05) is 65.6 Å². The van der Waals surface area contributed by atoms with E-state index in [0.29, 0.717) is 13.0 Å². The quantitative estimate of drug-likeness (QED) is 0.775. The molecule has 1 aliphatic carbocycles. The van der Waals surface area contributed by atoms with Crippen LogP contribution in [0.3, 0.4) is 0 Å². The number of nitrogens with zero attached hydrogens (tertiary/aromatic N) is 1. The van der Waals surface area contributed by atoms with Crippen molar-refractivity contribution in [3.8, 4) is 5.75 Å². The number of fused-ring (bicyclic) bond motifs is 1. The molecule has 1 aliphatic heterocycles. The van der Waals surface area contributed by atoms with Crippen molar-refractivity contribution in [2.24, 2.45) is 5.92 Å². The number of carbonyl (C=O) groups excluding carboxylic acids is 1. The second-order valence-corrected chi connectivity index (χ2v) is 8.20. The highest BCUT2D eigenvalue weighted by Gasteiger charge is 2.49. The van der Waals surface area contributed by atoms with Crippen LogP contribution in [0.5, 0.6) is 5.75 Å². The third kappa shape index (κ3) is 4.08. The SMILES string of the molecule is COc1ccc(C2C3CCCCC3(O)CCN2C(=O)/C=C/c2ccccc2)cc1. The van der Waals surface area contributed by atoms with E-state index in [1.165, 1.54) is 0 Å². The Morgan fingerprint density at radius 1 is 1.10 bits per heavy atom. The van der Waals surface area contributed by atoms with Crippen LogP contribution < -0.4 is 4.74 Å². The molecule has 0 aromatic heterocycles. The van der Waals surface area contributed by atoms with E-state index in [1.54, 1.807) is 13.2 Å². The molecule has 1 N–H and O–H groups in total. The Hall–Kier alpha value is -2.59. The lowest BCUT2D eigenvalue weighted by molar-refractivity contribution is -0.150. The topological polar surface area (TPSA) is 49.8 Å². The monoisotopic (exact) mass is 391 g/mol. The summed E-state index contributed by atoms with van der Waals surface area (Å²) in [4.78, 5) is 15.1. The number of rotatable bonds is 4. The Kier molecular flexibility index (Phi) is 5.72. The van der Waals surface area contributed by atoms with E-state index in [0.717, 1.165) is 42.6 Å². The molecule has 0 radical (unpaired) electrons. The number of piperidine rings is 1. The third-order valence-electron chi connectivity index (χ3n) is 6.53. The van der Waals surface area contributed by atoms with E-state index in [4.69, 9.17) is 4.74 Å². The maximum Gasteiger partial charge on any atom is 0.247 e. The summed E-state index contributed by atoms with van der Waals surface area (Å²) in [6, 6.07) is 17.7. The molecule has 4 heteroatoms. The van der Waals surface area contributed by atoms with Gasteiger partial charge in [-0.3, -0.25) is 4.79 Å². The highest BCUT2D eigenvalue weighted by Crippen LogP contribution is 2.49. The summed E-state index contributed by atoms with van der Waals surface area (Å²) in [5, 5.41) is 11.4. The fourth-order valence-electron chi connectivity index (χ4n) is 4.97. The number of benzene rings is 2. The number of aliphatic hydroxyl groups is 1. The molecule has 3 unspecified atom stereocenters. The molecule has 0 spiro atoms. The van der Waals surface area contributed by atoms with Crippen molar-refractivity contribution in [2.45, 2.75) is 43.7 Å². The summed E-state index contributed by atoms with van der Waals surface area (Å²) in [6.45, 7) is 0.571. The minimum absolute atomic E-state index is 0.00212. The summed E-state index contributed by atoms with van der Waals surface area (Å²) in [5.41, 5.74) is 1.40. The average Bonchev–Trinajstić information content (AvgIpc) is 2.77. The van der Waals surface area contributed by atoms with Crippen molar-refractivity contribution in [1.82, 2.24) is 4.90 Å². The first-order valence-electron chi connectivity index (χ1n) is 10.5. The molecule has 1 saturated heterocycles. The molecule has 2 aromatic rings. The number of hydrogen-bond donors (Lipinski definition) is 1. The smallest absolute Gasteiger partial charge is 0.247 e. The van der Waals surface area contributed by atoms with Gasteiger partial charge in [-0.25, -0.2) is 0 Å². The number of hydrogen-bond acceptors (Lipinski definition) is 3. The molecule has 3 atom stereocenters. The van der Waals surface area contributed by atoms with E-state index in [9.17, 15) is 9.90 Å². The standard InChI is InChI=1S/C25H29NO3/c1-29-21-13-11-20(12-14-21)24-22-9-5-6-16-25(22,28)17-18-26(24)23(27)15-10-19-7-3-2-4-8-19/h2-4,7-8,10-15,22,24,28H,5-6,9,16-18H2,1H3/b15-10+. The highest BCUT2D eigenvalue weighted by atomic mass is 16.5. The zero-order chi connectivity index (χ0) is 20.3. The largest absolute Gasteiger partial charge is 0.497 e. The van der Waals surface area contributed by atoms with E-state index < -0.39 is 5.60 Å². The molecule has 1 saturated carbocycles. The van der Waals surface area contributed by atoms with Gasteiger partial charge < -0.3 is 14.7 Å². The number of ether oxygens (including phenoxy) is 1. The fraction of sp³-hybridized carbons (Fsp3) is 0.400.